The SMILES string of the molecule is CCN1CCN(c2nc(-c3cccc(OC(O)CO)c3)cc3ccccc23)CC1. The summed E-state index contributed by atoms with van der Waals surface area (Å²) < 4.78 is 5.35. The minimum Gasteiger partial charge on any atom is -0.463 e. The number of aliphatic hydroxyl groups excluding tert-OH is 2. The molecular formula is C23H27N3O3. The molecule has 1 aliphatic rings. The van der Waals surface area contributed by atoms with Crippen LogP contribution in [0.5, 0.6) is 5.75 Å². The Bertz CT molecular complexity index is 970. The number of ether oxygens (including phenoxy) is 1. The molecule has 2 aromatic carbocycles. The maximum absolute atomic E-state index is 9.57. The van der Waals surface area contributed by atoms with Gasteiger partial charge in [-0.15, -0.1) is 0 Å². The van der Waals surface area contributed by atoms with Crippen LogP contribution in [0.1, 0.15) is 6.92 Å². The smallest absolute Gasteiger partial charge is 0.220 e. The molecule has 1 aromatic heterocycles. The number of benzene rings is 2. The van der Waals surface area contributed by atoms with Crippen molar-refractivity contribution in [1.29, 1.82) is 0 Å². The fourth-order valence-electron chi connectivity index (χ4n) is 3.77. The van der Waals surface area contributed by atoms with Gasteiger partial charge in [0.1, 0.15) is 18.2 Å². The van der Waals surface area contributed by atoms with Crippen LogP contribution in [0.25, 0.3) is 22.0 Å². The number of fused-ring (bicyclic) bond motifs is 1. The van der Waals surface area contributed by atoms with Crippen LogP contribution in [0, 0.1) is 0 Å². The van der Waals surface area contributed by atoms with Gasteiger partial charge < -0.3 is 24.7 Å². The van der Waals surface area contributed by atoms with Crippen molar-refractivity contribution in [3.8, 4) is 17.0 Å². The molecule has 0 saturated carbocycles. The van der Waals surface area contributed by atoms with Crippen molar-refractivity contribution in [3.63, 3.8) is 0 Å². The highest BCUT2D eigenvalue weighted by atomic mass is 16.6. The molecule has 0 spiro atoms. The minimum atomic E-state index is -1.24. The second-order valence-electron chi connectivity index (χ2n) is 7.26. The first kappa shape index (κ1) is 19.6. The van der Waals surface area contributed by atoms with Crippen LogP contribution in [0.3, 0.4) is 0 Å². The van der Waals surface area contributed by atoms with E-state index in [1.165, 1.54) is 0 Å². The standard InChI is InChI=1S/C23H27N3O3/c1-2-25-10-12-26(13-11-25)23-20-9-4-3-6-17(20)15-21(24-23)18-7-5-8-19(14-18)29-22(28)16-27/h3-9,14-15,22,27-28H,2,10-13,16H2,1H3. The van der Waals surface area contributed by atoms with Gasteiger partial charge in [-0.1, -0.05) is 43.3 Å². The highest BCUT2D eigenvalue weighted by Gasteiger charge is 2.20. The fraction of sp³-hybridized carbons (Fsp3) is 0.348. The largest absolute Gasteiger partial charge is 0.463 e. The number of hydrogen-bond acceptors (Lipinski definition) is 6. The Morgan fingerprint density at radius 3 is 2.59 bits per heavy atom. The molecule has 0 aliphatic carbocycles. The normalized spacial score (nSPS) is 16.2. The lowest BCUT2D eigenvalue weighted by atomic mass is 10.1. The molecule has 0 radical (unpaired) electrons. The van der Waals surface area contributed by atoms with Crippen LogP contribution in [0.2, 0.25) is 0 Å². The molecule has 3 aromatic rings. The zero-order valence-electron chi connectivity index (χ0n) is 16.7. The van der Waals surface area contributed by atoms with Gasteiger partial charge in [-0.25, -0.2) is 4.98 Å². The van der Waals surface area contributed by atoms with Gasteiger partial charge in [-0.05, 0) is 30.1 Å². The summed E-state index contributed by atoms with van der Waals surface area (Å²) >= 11 is 0. The van der Waals surface area contributed by atoms with Gasteiger partial charge in [0.2, 0.25) is 6.29 Å². The molecule has 1 unspecified atom stereocenters. The van der Waals surface area contributed by atoms with Crippen molar-refractivity contribution in [2.75, 3.05) is 44.2 Å². The van der Waals surface area contributed by atoms with E-state index in [0.717, 1.165) is 60.6 Å². The number of piperazine rings is 1. The van der Waals surface area contributed by atoms with Crippen LogP contribution in [0.4, 0.5) is 5.82 Å². The summed E-state index contributed by atoms with van der Waals surface area (Å²) in [6.45, 7) is 6.83. The lowest BCUT2D eigenvalue weighted by Crippen LogP contribution is -2.46. The van der Waals surface area contributed by atoms with Crippen LogP contribution in [0.15, 0.2) is 54.6 Å². The highest BCUT2D eigenvalue weighted by molar-refractivity contribution is 5.95. The van der Waals surface area contributed by atoms with Crippen molar-refractivity contribution >= 4 is 16.6 Å². The van der Waals surface area contributed by atoms with E-state index in [1.807, 2.05) is 24.3 Å². The van der Waals surface area contributed by atoms with Crippen molar-refractivity contribution in [3.05, 3.63) is 54.6 Å². The van der Waals surface area contributed by atoms with E-state index in [0.29, 0.717) is 5.75 Å². The zero-order chi connectivity index (χ0) is 20.2. The van der Waals surface area contributed by atoms with Gasteiger partial charge in [0.15, 0.2) is 0 Å². The predicted octanol–water partition coefficient (Wildman–Crippen LogP) is 2.73. The number of aromatic nitrogens is 1. The monoisotopic (exact) mass is 393 g/mol. The maximum atomic E-state index is 9.57. The summed E-state index contributed by atoms with van der Waals surface area (Å²) in [7, 11) is 0. The van der Waals surface area contributed by atoms with Crippen LogP contribution < -0.4 is 9.64 Å². The third-order valence-electron chi connectivity index (χ3n) is 5.40. The molecule has 29 heavy (non-hydrogen) atoms. The molecule has 0 bridgehead atoms. The van der Waals surface area contributed by atoms with Crippen molar-refractivity contribution in [2.24, 2.45) is 0 Å². The van der Waals surface area contributed by atoms with E-state index in [-0.39, 0.29) is 0 Å². The molecule has 2 N–H and O–H groups in total. The summed E-state index contributed by atoms with van der Waals surface area (Å²) in [5.41, 5.74) is 1.77. The van der Waals surface area contributed by atoms with E-state index in [9.17, 15) is 5.11 Å². The Kier molecular flexibility index (Phi) is 5.94. The van der Waals surface area contributed by atoms with Gasteiger partial charge in [0.05, 0.1) is 5.69 Å². The third kappa shape index (κ3) is 4.34. The van der Waals surface area contributed by atoms with E-state index >= 15 is 0 Å². The molecule has 0 amide bonds. The van der Waals surface area contributed by atoms with Gasteiger partial charge in [-0.2, -0.15) is 0 Å². The number of anilines is 1. The van der Waals surface area contributed by atoms with Crippen molar-refractivity contribution in [2.45, 2.75) is 13.2 Å². The van der Waals surface area contributed by atoms with Gasteiger partial charge >= 0.3 is 0 Å². The van der Waals surface area contributed by atoms with Gasteiger partial charge in [0.25, 0.3) is 0 Å². The molecule has 6 heteroatoms. The maximum Gasteiger partial charge on any atom is 0.220 e. The van der Waals surface area contributed by atoms with Gasteiger partial charge in [0, 0.05) is 37.1 Å². The zero-order valence-corrected chi connectivity index (χ0v) is 16.7. The quantitative estimate of drug-likeness (QED) is 0.628. The van der Waals surface area contributed by atoms with Crippen molar-refractivity contribution in [1.82, 2.24) is 9.88 Å². The highest BCUT2D eigenvalue weighted by Crippen LogP contribution is 2.32. The average Bonchev–Trinajstić information content (AvgIpc) is 2.78. The minimum absolute atomic E-state index is 0.452. The molecule has 1 aliphatic heterocycles. The van der Waals surface area contributed by atoms with E-state index in [2.05, 4.69) is 41.0 Å². The van der Waals surface area contributed by atoms with Crippen molar-refractivity contribution < 1.29 is 14.9 Å². The Morgan fingerprint density at radius 1 is 1.03 bits per heavy atom. The van der Waals surface area contributed by atoms with Crippen LogP contribution >= 0.6 is 0 Å². The molecular weight excluding hydrogens is 366 g/mol. The number of likely N-dealkylation sites (N-methyl/N-ethyl adjacent to an activating group) is 1. The topological polar surface area (TPSA) is 69.1 Å². The first-order valence-corrected chi connectivity index (χ1v) is 10.1. The van der Waals surface area contributed by atoms with E-state index in [4.69, 9.17) is 14.8 Å². The predicted molar refractivity (Wildman–Crippen MR) is 115 cm³/mol. The number of nitrogens with zero attached hydrogens (tertiary/aromatic N) is 3. The second kappa shape index (κ2) is 8.78. The summed E-state index contributed by atoms with van der Waals surface area (Å²) in [4.78, 5) is 9.85. The number of hydrogen-bond donors (Lipinski definition) is 2. The Morgan fingerprint density at radius 2 is 1.83 bits per heavy atom. The molecule has 1 atom stereocenters. The summed E-state index contributed by atoms with van der Waals surface area (Å²) in [6, 6.07) is 17.9. The van der Waals surface area contributed by atoms with Crippen LogP contribution in [-0.4, -0.2) is 65.7 Å². The van der Waals surface area contributed by atoms with E-state index < -0.39 is 12.9 Å². The molecule has 152 valence electrons. The fourth-order valence-corrected chi connectivity index (χ4v) is 3.77. The second-order valence-corrected chi connectivity index (χ2v) is 7.26. The summed E-state index contributed by atoms with van der Waals surface area (Å²) in [5.74, 6) is 1.51. The van der Waals surface area contributed by atoms with Gasteiger partial charge in [-0.3, -0.25) is 0 Å². The molecule has 6 nitrogen and oxygen atoms in total. The molecule has 1 fully saturated rings. The summed E-state index contributed by atoms with van der Waals surface area (Å²) in [6.07, 6.45) is -1.24. The lowest BCUT2D eigenvalue weighted by Gasteiger charge is -2.35. The first-order valence-electron chi connectivity index (χ1n) is 10.1. The van der Waals surface area contributed by atoms with E-state index in [1.54, 1.807) is 6.07 Å². The molecule has 1 saturated heterocycles. The number of pyridine rings is 1. The molecule has 4 rings (SSSR count). The summed E-state index contributed by atoms with van der Waals surface area (Å²) in [5, 5.41) is 20.9. The number of rotatable bonds is 6. The van der Waals surface area contributed by atoms with Crippen LogP contribution in [-0.2, 0) is 0 Å². The first-order chi connectivity index (χ1) is 14.2. The average molecular weight is 393 g/mol. The Labute approximate surface area is 171 Å². The Balaban J connectivity index is 1.72. The molecule has 2 heterocycles. The third-order valence-corrected chi connectivity index (χ3v) is 5.40. The Hall–Kier alpha value is -2.67. The lowest BCUT2D eigenvalue weighted by molar-refractivity contribution is -0.0548. The number of aliphatic hydroxyl groups is 2.